The summed E-state index contributed by atoms with van der Waals surface area (Å²) in [6.07, 6.45) is 4.06. The van der Waals surface area contributed by atoms with Crippen LogP contribution < -0.4 is 11.1 Å². The second-order valence-corrected chi connectivity index (χ2v) is 4.79. The number of hydrogen-bond acceptors (Lipinski definition) is 3. The van der Waals surface area contributed by atoms with Gasteiger partial charge in [-0.05, 0) is 49.5 Å². The van der Waals surface area contributed by atoms with Crippen molar-refractivity contribution < 1.29 is 0 Å². The van der Waals surface area contributed by atoms with E-state index in [1.54, 1.807) is 6.33 Å². The number of nitrogens with two attached hydrogens (primary N) is 1. The number of rotatable bonds is 2. The van der Waals surface area contributed by atoms with Crippen molar-refractivity contribution in [1.29, 1.82) is 0 Å². The molecule has 4 nitrogen and oxygen atoms in total. The maximum absolute atomic E-state index is 6.37. The van der Waals surface area contributed by atoms with Gasteiger partial charge < -0.3 is 16.0 Å². The zero-order valence-corrected chi connectivity index (χ0v) is 9.82. The lowest BCUT2D eigenvalue weighted by atomic mass is 9.86. The molecule has 1 aromatic heterocycles. The third kappa shape index (κ3) is 2.06. The number of benzene rings is 1. The maximum atomic E-state index is 6.37. The number of fused-ring (bicyclic) bond motifs is 1. The molecular weight excluding hydrogens is 212 g/mol. The van der Waals surface area contributed by atoms with E-state index in [1.807, 2.05) is 6.07 Å². The second kappa shape index (κ2) is 4.47. The summed E-state index contributed by atoms with van der Waals surface area (Å²) in [6.45, 7) is 2.18. The molecule has 2 heterocycles. The summed E-state index contributed by atoms with van der Waals surface area (Å²) in [7, 11) is 0. The molecule has 1 fully saturated rings. The monoisotopic (exact) mass is 230 g/mol. The molecule has 1 atom stereocenters. The first-order valence-electron chi connectivity index (χ1n) is 6.24. The zero-order valence-electron chi connectivity index (χ0n) is 9.82. The standard InChI is InChI=1S/C13H18N4/c14-13(9-3-5-15-6-4-9)10-1-2-11-12(7-10)17-8-16-11/h1-2,7-9,13,15H,3-6,14H2,(H,16,17). The Kier molecular flexibility index (Phi) is 2.82. The van der Waals surface area contributed by atoms with Crippen LogP contribution in [0.4, 0.5) is 0 Å². The van der Waals surface area contributed by atoms with Crippen molar-refractivity contribution in [3.63, 3.8) is 0 Å². The van der Waals surface area contributed by atoms with Crippen LogP contribution in [0.15, 0.2) is 24.5 Å². The minimum Gasteiger partial charge on any atom is -0.345 e. The molecule has 1 aliphatic rings. The Hall–Kier alpha value is -1.39. The number of imidazole rings is 1. The smallest absolute Gasteiger partial charge is 0.0931 e. The highest BCUT2D eigenvalue weighted by molar-refractivity contribution is 5.75. The van der Waals surface area contributed by atoms with Gasteiger partial charge >= 0.3 is 0 Å². The summed E-state index contributed by atoms with van der Waals surface area (Å²) in [6, 6.07) is 6.43. The Bertz CT molecular complexity index is 499. The van der Waals surface area contributed by atoms with Crippen molar-refractivity contribution in [2.75, 3.05) is 13.1 Å². The van der Waals surface area contributed by atoms with Crippen LogP contribution >= 0.6 is 0 Å². The van der Waals surface area contributed by atoms with Crippen molar-refractivity contribution in [2.45, 2.75) is 18.9 Å². The van der Waals surface area contributed by atoms with Gasteiger partial charge in [0.1, 0.15) is 0 Å². The van der Waals surface area contributed by atoms with E-state index in [0.717, 1.165) is 24.1 Å². The average molecular weight is 230 g/mol. The first-order valence-corrected chi connectivity index (χ1v) is 6.24. The van der Waals surface area contributed by atoms with Crippen LogP contribution in [-0.2, 0) is 0 Å². The number of nitrogens with zero attached hydrogens (tertiary/aromatic N) is 1. The zero-order chi connectivity index (χ0) is 11.7. The summed E-state index contributed by atoms with van der Waals surface area (Å²) < 4.78 is 0. The Morgan fingerprint density at radius 3 is 2.94 bits per heavy atom. The van der Waals surface area contributed by atoms with Crippen LogP contribution in [0, 0.1) is 5.92 Å². The quantitative estimate of drug-likeness (QED) is 0.733. The van der Waals surface area contributed by atoms with Gasteiger partial charge in [0.05, 0.1) is 17.4 Å². The second-order valence-electron chi connectivity index (χ2n) is 4.79. The molecule has 0 bridgehead atoms. The van der Waals surface area contributed by atoms with Crippen LogP contribution in [0.5, 0.6) is 0 Å². The Morgan fingerprint density at radius 2 is 2.12 bits per heavy atom. The molecule has 3 rings (SSSR count). The van der Waals surface area contributed by atoms with E-state index in [9.17, 15) is 0 Å². The molecule has 4 N–H and O–H groups in total. The molecule has 90 valence electrons. The van der Waals surface area contributed by atoms with Crippen molar-refractivity contribution >= 4 is 11.0 Å². The molecule has 1 unspecified atom stereocenters. The summed E-state index contributed by atoms with van der Waals surface area (Å²) >= 11 is 0. The third-order valence-corrected chi connectivity index (χ3v) is 3.72. The first-order chi connectivity index (χ1) is 8.34. The van der Waals surface area contributed by atoms with Crippen molar-refractivity contribution in [1.82, 2.24) is 15.3 Å². The van der Waals surface area contributed by atoms with Crippen molar-refractivity contribution in [3.8, 4) is 0 Å². The average Bonchev–Trinajstić information content (AvgIpc) is 2.86. The number of nitrogens with one attached hydrogen (secondary N) is 2. The van der Waals surface area contributed by atoms with E-state index < -0.39 is 0 Å². The molecule has 0 radical (unpaired) electrons. The van der Waals surface area contributed by atoms with E-state index in [1.165, 1.54) is 18.4 Å². The van der Waals surface area contributed by atoms with Gasteiger partial charge in [0.25, 0.3) is 0 Å². The minimum absolute atomic E-state index is 0.143. The minimum atomic E-state index is 0.143. The van der Waals surface area contributed by atoms with E-state index in [0.29, 0.717) is 5.92 Å². The van der Waals surface area contributed by atoms with Crippen molar-refractivity contribution in [3.05, 3.63) is 30.1 Å². The summed E-state index contributed by atoms with van der Waals surface area (Å²) in [5.74, 6) is 0.594. The molecule has 1 aliphatic heterocycles. The van der Waals surface area contributed by atoms with Gasteiger partial charge in [0.15, 0.2) is 0 Å². The molecule has 0 amide bonds. The molecule has 17 heavy (non-hydrogen) atoms. The van der Waals surface area contributed by atoms with E-state index in [4.69, 9.17) is 5.73 Å². The van der Waals surface area contributed by atoms with E-state index >= 15 is 0 Å². The Labute approximate surface area is 101 Å². The number of piperidine rings is 1. The molecule has 0 aliphatic carbocycles. The van der Waals surface area contributed by atoms with Gasteiger partial charge in [-0.3, -0.25) is 0 Å². The summed E-state index contributed by atoms with van der Waals surface area (Å²) in [5.41, 5.74) is 9.67. The van der Waals surface area contributed by atoms with Crippen LogP contribution in [0.3, 0.4) is 0 Å². The molecule has 0 spiro atoms. The molecule has 0 saturated carbocycles. The lowest BCUT2D eigenvalue weighted by Crippen LogP contribution is -2.33. The van der Waals surface area contributed by atoms with Gasteiger partial charge in [0, 0.05) is 6.04 Å². The van der Waals surface area contributed by atoms with Gasteiger partial charge in [-0.2, -0.15) is 0 Å². The predicted octanol–water partition coefficient (Wildman–Crippen LogP) is 1.56. The molecule has 1 saturated heterocycles. The molecule has 4 heteroatoms. The van der Waals surface area contributed by atoms with Gasteiger partial charge in [-0.25, -0.2) is 4.98 Å². The molecular formula is C13H18N4. The first kappa shape index (κ1) is 10.7. The van der Waals surface area contributed by atoms with Crippen molar-refractivity contribution in [2.24, 2.45) is 11.7 Å². The fraction of sp³-hybridized carbons (Fsp3) is 0.462. The third-order valence-electron chi connectivity index (χ3n) is 3.72. The normalized spacial score (nSPS) is 19.6. The highest BCUT2D eigenvalue weighted by Gasteiger charge is 2.21. The lowest BCUT2D eigenvalue weighted by molar-refractivity contribution is 0.322. The molecule has 1 aromatic carbocycles. The lowest BCUT2D eigenvalue weighted by Gasteiger charge is -2.28. The highest BCUT2D eigenvalue weighted by atomic mass is 14.9. The largest absolute Gasteiger partial charge is 0.345 e. The predicted molar refractivity (Wildman–Crippen MR) is 68.6 cm³/mol. The Morgan fingerprint density at radius 1 is 1.29 bits per heavy atom. The number of aromatic amines is 1. The topological polar surface area (TPSA) is 66.7 Å². The Balaban J connectivity index is 1.86. The fourth-order valence-electron chi connectivity index (χ4n) is 2.64. The highest BCUT2D eigenvalue weighted by Crippen LogP contribution is 2.27. The van der Waals surface area contributed by atoms with Gasteiger partial charge in [0.2, 0.25) is 0 Å². The van der Waals surface area contributed by atoms with Gasteiger partial charge in [-0.1, -0.05) is 6.07 Å². The summed E-state index contributed by atoms with van der Waals surface area (Å²) in [5, 5.41) is 3.37. The number of hydrogen-bond donors (Lipinski definition) is 3. The van der Waals surface area contributed by atoms with E-state index in [2.05, 4.69) is 27.4 Å². The molecule has 2 aromatic rings. The van der Waals surface area contributed by atoms with Crippen LogP contribution in [-0.4, -0.2) is 23.1 Å². The fourth-order valence-corrected chi connectivity index (χ4v) is 2.64. The van der Waals surface area contributed by atoms with E-state index in [-0.39, 0.29) is 6.04 Å². The van der Waals surface area contributed by atoms with Crippen LogP contribution in [0.2, 0.25) is 0 Å². The summed E-state index contributed by atoms with van der Waals surface area (Å²) in [4.78, 5) is 7.36. The SMILES string of the molecule is NC(c1ccc2nc[nH]c2c1)C1CCNCC1. The van der Waals surface area contributed by atoms with Crippen LogP contribution in [0.25, 0.3) is 11.0 Å². The number of H-pyrrole nitrogens is 1. The van der Waals surface area contributed by atoms with Crippen LogP contribution in [0.1, 0.15) is 24.4 Å². The maximum Gasteiger partial charge on any atom is 0.0931 e. The number of aromatic nitrogens is 2. The van der Waals surface area contributed by atoms with Gasteiger partial charge in [-0.15, -0.1) is 0 Å².